The van der Waals surface area contributed by atoms with E-state index in [1.807, 2.05) is 36.4 Å². The topological polar surface area (TPSA) is 68.2 Å². The van der Waals surface area contributed by atoms with Gasteiger partial charge in [-0.1, -0.05) is 34.1 Å². The molecule has 2 heterocycles. The molecule has 0 saturated heterocycles. The van der Waals surface area contributed by atoms with Gasteiger partial charge in [0.25, 0.3) is 0 Å². The zero-order valence-electron chi connectivity index (χ0n) is 13.3. The Kier molecular flexibility index (Phi) is 3.96. The van der Waals surface area contributed by atoms with Crippen LogP contribution in [0, 0.1) is 0 Å². The second-order valence-corrected chi connectivity index (χ2v) is 8.68. The van der Waals surface area contributed by atoms with Gasteiger partial charge in [-0.2, -0.15) is 9.52 Å². The van der Waals surface area contributed by atoms with Gasteiger partial charge in [-0.05, 0) is 35.4 Å². The molecule has 2 aliphatic heterocycles. The molecule has 1 unspecified atom stereocenters. The number of hydrogen-bond donors (Lipinski definition) is 0. The highest BCUT2D eigenvalue weighted by Crippen LogP contribution is 2.40. The Hall–Kier alpha value is -2.06. The van der Waals surface area contributed by atoms with E-state index in [4.69, 9.17) is 9.47 Å². The monoisotopic (exact) mass is 422 g/mol. The molecular formula is C17H15BrN2O4S. The van der Waals surface area contributed by atoms with Gasteiger partial charge in [0, 0.05) is 10.9 Å². The molecule has 2 aromatic carbocycles. The summed E-state index contributed by atoms with van der Waals surface area (Å²) >= 11 is 3.44. The third kappa shape index (κ3) is 3.11. The summed E-state index contributed by atoms with van der Waals surface area (Å²) in [5, 5.41) is 4.39. The molecule has 130 valence electrons. The number of fused-ring (bicyclic) bond motifs is 1. The predicted molar refractivity (Wildman–Crippen MR) is 97.3 cm³/mol. The second kappa shape index (κ2) is 6.03. The summed E-state index contributed by atoms with van der Waals surface area (Å²) in [6.07, 6.45) is 1.66. The van der Waals surface area contributed by atoms with E-state index in [1.165, 1.54) is 10.7 Å². The molecule has 2 aromatic rings. The van der Waals surface area contributed by atoms with Gasteiger partial charge in [-0.15, -0.1) is 0 Å². The van der Waals surface area contributed by atoms with Gasteiger partial charge >= 0.3 is 0 Å². The molecule has 0 radical (unpaired) electrons. The molecule has 0 N–H and O–H groups in total. The Balaban J connectivity index is 1.73. The number of nitrogens with zero attached hydrogens (tertiary/aromatic N) is 2. The van der Waals surface area contributed by atoms with E-state index in [0.29, 0.717) is 17.9 Å². The fourth-order valence-electron chi connectivity index (χ4n) is 3.01. The lowest BCUT2D eigenvalue weighted by Crippen LogP contribution is -2.25. The number of sulfonamides is 1. The first-order valence-corrected chi connectivity index (χ1v) is 10.3. The summed E-state index contributed by atoms with van der Waals surface area (Å²) < 4.78 is 37.3. The molecule has 25 heavy (non-hydrogen) atoms. The minimum absolute atomic E-state index is 0.180. The van der Waals surface area contributed by atoms with Gasteiger partial charge < -0.3 is 9.47 Å². The number of hydrazone groups is 1. The zero-order valence-corrected chi connectivity index (χ0v) is 15.7. The second-order valence-electron chi connectivity index (χ2n) is 5.93. The maximum atomic E-state index is 12.2. The first-order chi connectivity index (χ1) is 11.9. The van der Waals surface area contributed by atoms with Crippen LogP contribution in [0.3, 0.4) is 0 Å². The normalized spacial score (nSPS) is 19.2. The average Bonchev–Trinajstić information content (AvgIpc) is 3.20. The van der Waals surface area contributed by atoms with Crippen molar-refractivity contribution < 1.29 is 17.9 Å². The van der Waals surface area contributed by atoms with Crippen LogP contribution in [0.15, 0.2) is 52.0 Å². The highest BCUT2D eigenvalue weighted by molar-refractivity contribution is 9.10. The lowest BCUT2D eigenvalue weighted by atomic mass is 9.99. The van der Waals surface area contributed by atoms with E-state index in [9.17, 15) is 8.42 Å². The van der Waals surface area contributed by atoms with E-state index in [2.05, 4.69) is 21.0 Å². The molecule has 0 amide bonds. The fourth-order valence-corrected chi connectivity index (χ4v) is 4.31. The van der Waals surface area contributed by atoms with Crippen LogP contribution in [0.5, 0.6) is 11.5 Å². The van der Waals surface area contributed by atoms with Crippen molar-refractivity contribution in [3.63, 3.8) is 0 Å². The first-order valence-electron chi connectivity index (χ1n) is 7.64. The fraction of sp³-hybridized carbons (Fsp3) is 0.235. The van der Waals surface area contributed by atoms with E-state index >= 15 is 0 Å². The van der Waals surface area contributed by atoms with E-state index in [1.54, 1.807) is 6.07 Å². The lowest BCUT2D eigenvalue weighted by Gasteiger charge is -2.21. The van der Waals surface area contributed by atoms with Crippen molar-refractivity contribution in [1.29, 1.82) is 0 Å². The average molecular weight is 423 g/mol. The van der Waals surface area contributed by atoms with Crippen LogP contribution in [0.1, 0.15) is 23.6 Å². The lowest BCUT2D eigenvalue weighted by molar-refractivity contribution is 0.174. The van der Waals surface area contributed by atoms with Gasteiger partial charge in [0.05, 0.1) is 18.0 Å². The van der Waals surface area contributed by atoms with Crippen molar-refractivity contribution in [2.24, 2.45) is 5.10 Å². The van der Waals surface area contributed by atoms with Crippen molar-refractivity contribution in [2.75, 3.05) is 13.0 Å². The number of benzene rings is 2. The first kappa shape index (κ1) is 16.4. The summed E-state index contributed by atoms with van der Waals surface area (Å²) in [5.41, 5.74) is 2.45. The molecule has 0 aliphatic carbocycles. The van der Waals surface area contributed by atoms with Crippen LogP contribution in [0.4, 0.5) is 0 Å². The van der Waals surface area contributed by atoms with Crippen molar-refractivity contribution in [3.05, 3.63) is 58.1 Å². The van der Waals surface area contributed by atoms with Crippen LogP contribution in [-0.4, -0.2) is 31.6 Å². The van der Waals surface area contributed by atoms with Gasteiger partial charge in [0.2, 0.25) is 16.8 Å². The molecule has 0 spiro atoms. The van der Waals surface area contributed by atoms with E-state index in [0.717, 1.165) is 21.3 Å². The van der Waals surface area contributed by atoms with Crippen LogP contribution < -0.4 is 9.47 Å². The molecule has 0 aromatic heterocycles. The molecule has 0 saturated carbocycles. The van der Waals surface area contributed by atoms with Gasteiger partial charge in [-0.25, -0.2) is 8.42 Å². The maximum absolute atomic E-state index is 12.2. The summed E-state index contributed by atoms with van der Waals surface area (Å²) in [6, 6.07) is 12.8. The summed E-state index contributed by atoms with van der Waals surface area (Å²) in [4.78, 5) is 0. The Bertz CT molecular complexity index is 974. The predicted octanol–water partition coefficient (Wildman–Crippen LogP) is 3.29. The molecule has 1 atom stereocenters. The third-order valence-electron chi connectivity index (χ3n) is 4.15. The smallest absolute Gasteiger partial charge is 0.247 e. The van der Waals surface area contributed by atoms with Crippen LogP contribution in [-0.2, 0) is 10.0 Å². The third-order valence-corrected chi connectivity index (χ3v) is 5.66. The van der Waals surface area contributed by atoms with Crippen LogP contribution in [0.2, 0.25) is 0 Å². The van der Waals surface area contributed by atoms with Crippen molar-refractivity contribution in [1.82, 2.24) is 4.41 Å². The van der Waals surface area contributed by atoms with E-state index < -0.39 is 16.1 Å². The van der Waals surface area contributed by atoms with E-state index in [-0.39, 0.29) is 6.79 Å². The quantitative estimate of drug-likeness (QED) is 0.760. The Morgan fingerprint density at radius 2 is 1.96 bits per heavy atom. The Morgan fingerprint density at radius 1 is 1.16 bits per heavy atom. The SMILES string of the molecule is CS(=O)(=O)N1N=C(c2cccc(Br)c2)CC1c1ccc2c(c1)OCO2. The standard InChI is InChI=1S/C17H15BrN2O4S/c1-25(21,22)20-15(12-5-6-16-17(8-12)24-10-23-16)9-14(19-20)11-3-2-4-13(18)7-11/h2-8,15H,9-10H2,1H3. The molecular weight excluding hydrogens is 408 g/mol. The molecule has 6 nitrogen and oxygen atoms in total. The van der Waals surface area contributed by atoms with Gasteiger partial charge in [0.15, 0.2) is 11.5 Å². The minimum Gasteiger partial charge on any atom is -0.454 e. The van der Waals surface area contributed by atoms with Crippen LogP contribution >= 0.6 is 15.9 Å². The largest absolute Gasteiger partial charge is 0.454 e. The highest BCUT2D eigenvalue weighted by Gasteiger charge is 2.35. The van der Waals surface area contributed by atoms with Crippen molar-refractivity contribution >= 4 is 31.7 Å². The molecule has 0 fully saturated rings. The highest BCUT2D eigenvalue weighted by atomic mass is 79.9. The number of ether oxygens (including phenoxy) is 2. The van der Waals surface area contributed by atoms with Crippen molar-refractivity contribution in [3.8, 4) is 11.5 Å². The molecule has 0 bridgehead atoms. The summed E-state index contributed by atoms with van der Waals surface area (Å²) in [5.74, 6) is 1.29. The summed E-state index contributed by atoms with van der Waals surface area (Å²) in [6.45, 7) is 0.180. The number of rotatable bonds is 3. The minimum atomic E-state index is -3.50. The van der Waals surface area contributed by atoms with Crippen molar-refractivity contribution in [2.45, 2.75) is 12.5 Å². The van der Waals surface area contributed by atoms with Crippen LogP contribution in [0.25, 0.3) is 0 Å². The zero-order chi connectivity index (χ0) is 17.6. The van der Waals surface area contributed by atoms with Gasteiger partial charge in [-0.3, -0.25) is 0 Å². The molecule has 8 heteroatoms. The molecule has 4 rings (SSSR count). The number of halogens is 1. The molecule has 2 aliphatic rings. The Morgan fingerprint density at radius 3 is 2.72 bits per heavy atom. The van der Waals surface area contributed by atoms with Gasteiger partial charge in [0.1, 0.15) is 0 Å². The number of hydrogen-bond acceptors (Lipinski definition) is 5. The summed E-state index contributed by atoms with van der Waals surface area (Å²) in [7, 11) is -3.50. The maximum Gasteiger partial charge on any atom is 0.247 e. The Labute approximate surface area is 154 Å².